The van der Waals surface area contributed by atoms with Gasteiger partial charge in [-0.15, -0.1) is 0 Å². The summed E-state index contributed by atoms with van der Waals surface area (Å²) in [5, 5.41) is 13.6. The highest BCUT2D eigenvalue weighted by molar-refractivity contribution is 6.31. The Balaban J connectivity index is 2.27. The maximum absolute atomic E-state index is 11.0. The Kier molecular flexibility index (Phi) is 3.20. The molecule has 0 amide bonds. The van der Waals surface area contributed by atoms with Crippen LogP contribution in [0.25, 0.3) is 10.8 Å². The fraction of sp³-hybridized carbons (Fsp3) is 0.118. The van der Waals surface area contributed by atoms with Gasteiger partial charge in [-0.05, 0) is 30.0 Å². The lowest BCUT2D eigenvalue weighted by atomic mass is 9.85. The lowest BCUT2D eigenvalue weighted by molar-refractivity contribution is 0.104. The molecule has 100 valence electrons. The van der Waals surface area contributed by atoms with Gasteiger partial charge in [0.2, 0.25) is 0 Å². The summed E-state index contributed by atoms with van der Waals surface area (Å²) in [6.45, 7) is 1.76. The molecule has 3 aromatic rings. The number of fused-ring (bicyclic) bond motifs is 1. The second-order valence-electron chi connectivity index (χ2n) is 4.95. The molecule has 0 fully saturated rings. The Bertz CT molecular complexity index is 762. The standard InChI is InChI=1S/C17H14ClNO/c1-17(20,15-6-2-3-8-16(15)18)14-7-4-5-12-9-10-19-11-13(12)14/h2-11,20H,1H3. The van der Waals surface area contributed by atoms with Gasteiger partial charge in [-0.1, -0.05) is 48.0 Å². The number of rotatable bonds is 2. The van der Waals surface area contributed by atoms with Crippen LogP contribution < -0.4 is 0 Å². The van der Waals surface area contributed by atoms with Crippen molar-refractivity contribution in [2.24, 2.45) is 0 Å². The third-order valence-electron chi connectivity index (χ3n) is 3.61. The van der Waals surface area contributed by atoms with Gasteiger partial charge in [-0.2, -0.15) is 0 Å². The van der Waals surface area contributed by atoms with Crippen molar-refractivity contribution in [3.8, 4) is 0 Å². The van der Waals surface area contributed by atoms with E-state index in [9.17, 15) is 5.11 Å². The average molecular weight is 284 g/mol. The quantitative estimate of drug-likeness (QED) is 0.766. The zero-order valence-electron chi connectivity index (χ0n) is 11.0. The van der Waals surface area contributed by atoms with Crippen LogP contribution >= 0.6 is 11.6 Å². The van der Waals surface area contributed by atoms with Crippen LogP contribution in [0.1, 0.15) is 18.1 Å². The van der Waals surface area contributed by atoms with E-state index in [0.717, 1.165) is 16.3 Å². The first kappa shape index (κ1) is 13.1. The summed E-state index contributed by atoms with van der Waals surface area (Å²) in [5.74, 6) is 0. The van der Waals surface area contributed by atoms with Gasteiger partial charge in [0.05, 0.1) is 0 Å². The van der Waals surface area contributed by atoms with Crippen LogP contribution in [0.4, 0.5) is 0 Å². The Labute approximate surface area is 122 Å². The number of hydrogen-bond acceptors (Lipinski definition) is 2. The van der Waals surface area contributed by atoms with Crippen molar-refractivity contribution < 1.29 is 5.11 Å². The first-order valence-corrected chi connectivity index (χ1v) is 6.79. The molecule has 3 rings (SSSR count). The second-order valence-corrected chi connectivity index (χ2v) is 5.36. The molecule has 3 heteroatoms. The summed E-state index contributed by atoms with van der Waals surface area (Å²) in [7, 11) is 0. The summed E-state index contributed by atoms with van der Waals surface area (Å²) < 4.78 is 0. The molecule has 0 saturated carbocycles. The molecule has 0 aliphatic heterocycles. The van der Waals surface area contributed by atoms with E-state index in [0.29, 0.717) is 10.6 Å². The van der Waals surface area contributed by atoms with E-state index in [-0.39, 0.29) is 0 Å². The molecule has 0 aliphatic rings. The predicted molar refractivity (Wildman–Crippen MR) is 81.9 cm³/mol. The van der Waals surface area contributed by atoms with Crippen molar-refractivity contribution in [3.05, 3.63) is 77.1 Å². The van der Waals surface area contributed by atoms with Crippen molar-refractivity contribution in [2.45, 2.75) is 12.5 Å². The zero-order valence-corrected chi connectivity index (χ0v) is 11.8. The number of hydrogen-bond donors (Lipinski definition) is 1. The predicted octanol–water partition coefficient (Wildman–Crippen LogP) is 4.14. The van der Waals surface area contributed by atoms with Gasteiger partial charge in [-0.3, -0.25) is 4.98 Å². The highest BCUT2D eigenvalue weighted by Crippen LogP contribution is 2.36. The van der Waals surface area contributed by atoms with Gasteiger partial charge in [0.25, 0.3) is 0 Å². The summed E-state index contributed by atoms with van der Waals surface area (Å²) in [6, 6.07) is 15.1. The van der Waals surface area contributed by atoms with E-state index in [1.54, 1.807) is 25.4 Å². The van der Waals surface area contributed by atoms with Crippen molar-refractivity contribution in [2.75, 3.05) is 0 Å². The van der Waals surface area contributed by atoms with Crippen LogP contribution in [0.3, 0.4) is 0 Å². The normalized spacial score (nSPS) is 14.2. The SMILES string of the molecule is CC(O)(c1ccccc1Cl)c1cccc2ccncc12. The van der Waals surface area contributed by atoms with Gasteiger partial charge in [0, 0.05) is 28.4 Å². The lowest BCUT2D eigenvalue weighted by Gasteiger charge is -2.26. The summed E-state index contributed by atoms with van der Waals surface area (Å²) in [4.78, 5) is 4.16. The molecule has 0 bridgehead atoms. The molecule has 2 aromatic carbocycles. The Morgan fingerprint density at radius 2 is 1.75 bits per heavy atom. The maximum Gasteiger partial charge on any atom is 0.114 e. The van der Waals surface area contributed by atoms with Gasteiger partial charge < -0.3 is 5.11 Å². The molecule has 1 heterocycles. The van der Waals surface area contributed by atoms with E-state index in [1.807, 2.05) is 42.5 Å². The van der Waals surface area contributed by atoms with E-state index in [1.165, 1.54) is 0 Å². The minimum absolute atomic E-state index is 0.554. The fourth-order valence-corrected chi connectivity index (χ4v) is 2.86. The van der Waals surface area contributed by atoms with E-state index in [4.69, 9.17) is 11.6 Å². The van der Waals surface area contributed by atoms with Gasteiger partial charge in [0.1, 0.15) is 5.60 Å². The molecule has 0 saturated heterocycles. The molecule has 0 radical (unpaired) electrons. The Morgan fingerprint density at radius 3 is 2.55 bits per heavy atom. The van der Waals surface area contributed by atoms with Crippen molar-refractivity contribution in [1.29, 1.82) is 0 Å². The molecule has 1 unspecified atom stereocenters. The third-order valence-corrected chi connectivity index (χ3v) is 3.94. The van der Waals surface area contributed by atoms with E-state index < -0.39 is 5.60 Å². The first-order chi connectivity index (χ1) is 9.60. The molecule has 0 spiro atoms. The number of aromatic nitrogens is 1. The van der Waals surface area contributed by atoms with Crippen LogP contribution in [-0.4, -0.2) is 10.1 Å². The van der Waals surface area contributed by atoms with Crippen LogP contribution in [0.5, 0.6) is 0 Å². The Morgan fingerprint density at radius 1 is 1.00 bits per heavy atom. The number of aliphatic hydroxyl groups is 1. The fourth-order valence-electron chi connectivity index (χ4n) is 2.54. The molecule has 0 aliphatic carbocycles. The highest BCUT2D eigenvalue weighted by Gasteiger charge is 2.29. The largest absolute Gasteiger partial charge is 0.381 e. The molecule has 2 nitrogen and oxygen atoms in total. The summed E-state index contributed by atoms with van der Waals surface area (Å²) >= 11 is 6.23. The third kappa shape index (κ3) is 2.07. The Hall–Kier alpha value is -1.90. The average Bonchev–Trinajstić information content (AvgIpc) is 2.47. The number of benzene rings is 2. The summed E-state index contributed by atoms with van der Waals surface area (Å²) in [5.41, 5.74) is 0.329. The van der Waals surface area contributed by atoms with Crippen molar-refractivity contribution in [3.63, 3.8) is 0 Å². The molecular formula is C17H14ClNO. The molecule has 1 aromatic heterocycles. The van der Waals surface area contributed by atoms with Gasteiger partial charge >= 0.3 is 0 Å². The van der Waals surface area contributed by atoms with E-state index >= 15 is 0 Å². The smallest absolute Gasteiger partial charge is 0.114 e. The van der Waals surface area contributed by atoms with Gasteiger partial charge in [-0.25, -0.2) is 0 Å². The van der Waals surface area contributed by atoms with Crippen molar-refractivity contribution >= 4 is 22.4 Å². The van der Waals surface area contributed by atoms with E-state index in [2.05, 4.69) is 4.98 Å². The monoisotopic (exact) mass is 283 g/mol. The second kappa shape index (κ2) is 4.89. The highest BCUT2D eigenvalue weighted by atomic mass is 35.5. The van der Waals surface area contributed by atoms with Crippen LogP contribution in [0.15, 0.2) is 60.9 Å². The molecular weight excluding hydrogens is 270 g/mol. The first-order valence-electron chi connectivity index (χ1n) is 6.41. The summed E-state index contributed by atoms with van der Waals surface area (Å²) in [6.07, 6.45) is 3.52. The zero-order chi connectivity index (χ0) is 14.2. The molecule has 20 heavy (non-hydrogen) atoms. The number of halogens is 1. The minimum Gasteiger partial charge on any atom is -0.381 e. The van der Waals surface area contributed by atoms with Crippen LogP contribution in [0.2, 0.25) is 5.02 Å². The lowest BCUT2D eigenvalue weighted by Crippen LogP contribution is -2.23. The van der Waals surface area contributed by atoms with Crippen molar-refractivity contribution in [1.82, 2.24) is 4.98 Å². The topological polar surface area (TPSA) is 33.1 Å². The van der Waals surface area contributed by atoms with Gasteiger partial charge in [0.15, 0.2) is 0 Å². The maximum atomic E-state index is 11.0. The number of pyridine rings is 1. The number of nitrogens with zero attached hydrogens (tertiary/aromatic N) is 1. The molecule has 1 atom stereocenters. The minimum atomic E-state index is -1.17. The molecule has 1 N–H and O–H groups in total. The van der Waals surface area contributed by atoms with Crippen LogP contribution in [0, 0.1) is 0 Å². The van der Waals surface area contributed by atoms with Crippen LogP contribution in [-0.2, 0) is 5.60 Å².